The standard InChI is InChI=1S/C13H19NO5S/c1-8(2)9(3)14(4)20(18,19)10-5-6-12(15)11(7-10)13(16)17/h5-9,15H,1-4H3,(H,16,17). The van der Waals surface area contributed by atoms with Crippen LogP contribution in [0.2, 0.25) is 0 Å². The van der Waals surface area contributed by atoms with E-state index >= 15 is 0 Å². The first-order valence-corrected chi connectivity index (χ1v) is 7.57. The van der Waals surface area contributed by atoms with Crippen LogP contribution in [0.25, 0.3) is 0 Å². The number of aromatic hydroxyl groups is 1. The zero-order chi connectivity index (χ0) is 15.7. The molecule has 6 nitrogen and oxygen atoms in total. The van der Waals surface area contributed by atoms with Crippen molar-refractivity contribution in [3.63, 3.8) is 0 Å². The predicted molar refractivity (Wildman–Crippen MR) is 74.3 cm³/mol. The van der Waals surface area contributed by atoms with Gasteiger partial charge in [0.2, 0.25) is 10.0 Å². The minimum atomic E-state index is -3.80. The average molecular weight is 301 g/mol. The molecule has 0 aliphatic carbocycles. The second-order valence-corrected chi connectivity index (χ2v) is 6.99. The molecule has 0 radical (unpaired) electrons. The summed E-state index contributed by atoms with van der Waals surface area (Å²) in [6.45, 7) is 5.58. The molecule has 0 aliphatic heterocycles. The van der Waals surface area contributed by atoms with Gasteiger partial charge in [-0.3, -0.25) is 0 Å². The van der Waals surface area contributed by atoms with Gasteiger partial charge in [0.1, 0.15) is 11.3 Å². The zero-order valence-electron chi connectivity index (χ0n) is 11.9. The summed E-state index contributed by atoms with van der Waals surface area (Å²) in [5, 5.41) is 18.3. The molecular weight excluding hydrogens is 282 g/mol. The molecule has 1 unspecified atom stereocenters. The predicted octanol–water partition coefficient (Wildman–Crippen LogP) is 1.76. The Kier molecular flexibility index (Phi) is 4.77. The van der Waals surface area contributed by atoms with Crippen molar-refractivity contribution in [3.05, 3.63) is 23.8 Å². The van der Waals surface area contributed by atoms with Crippen molar-refractivity contribution in [1.82, 2.24) is 4.31 Å². The molecule has 0 amide bonds. The van der Waals surface area contributed by atoms with Crippen molar-refractivity contribution in [2.24, 2.45) is 5.92 Å². The lowest BCUT2D eigenvalue weighted by atomic mass is 10.1. The normalized spacial score (nSPS) is 13.7. The van der Waals surface area contributed by atoms with E-state index in [1.807, 2.05) is 13.8 Å². The Morgan fingerprint density at radius 2 is 1.80 bits per heavy atom. The number of carbonyl (C=O) groups is 1. The van der Waals surface area contributed by atoms with E-state index in [0.29, 0.717) is 0 Å². The van der Waals surface area contributed by atoms with Gasteiger partial charge in [-0.05, 0) is 31.0 Å². The molecule has 0 bridgehead atoms. The monoisotopic (exact) mass is 301 g/mol. The highest BCUT2D eigenvalue weighted by Crippen LogP contribution is 2.25. The number of hydrogen-bond donors (Lipinski definition) is 2. The molecule has 0 saturated heterocycles. The van der Waals surface area contributed by atoms with Gasteiger partial charge in [-0.15, -0.1) is 0 Å². The van der Waals surface area contributed by atoms with Crippen LogP contribution in [-0.2, 0) is 10.0 Å². The van der Waals surface area contributed by atoms with Crippen LogP contribution in [0.5, 0.6) is 5.75 Å². The summed E-state index contributed by atoms with van der Waals surface area (Å²) >= 11 is 0. The van der Waals surface area contributed by atoms with Crippen LogP contribution in [0, 0.1) is 5.92 Å². The fraction of sp³-hybridized carbons (Fsp3) is 0.462. The van der Waals surface area contributed by atoms with Crippen molar-refractivity contribution in [2.75, 3.05) is 7.05 Å². The largest absolute Gasteiger partial charge is 0.507 e. The maximum absolute atomic E-state index is 12.4. The number of carboxylic acids is 1. The molecule has 0 spiro atoms. The molecule has 2 N–H and O–H groups in total. The number of hydrogen-bond acceptors (Lipinski definition) is 4. The molecule has 1 atom stereocenters. The van der Waals surface area contributed by atoms with Crippen molar-refractivity contribution in [3.8, 4) is 5.75 Å². The van der Waals surface area contributed by atoms with Crippen LogP contribution in [0.1, 0.15) is 31.1 Å². The summed E-state index contributed by atoms with van der Waals surface area (Å²) in [4.78, 5) is 10.8. The number of sulfonamides is 1. The number of carboxylic acid groups (broad SMARTS) is 1. The molecule has 0 aliphatic rings. The van der Waals surface area contributed by atoms with Gasteiger partial charge in [-0.2, -0.15) is 4.31 Å². The quantitative estimate of drug-likeness (QED) is 0.864. The van der Waals surface area contributed by atoms with Gasteiger partial charge in [0.15, 0.2) is 0 Å². The van der Waals surface area contributed by atoms with E-state index in [4.69, 9.17) is 5.11 Å². The van der Waals surface area contributed by atoms with E-state index in [-0.39, 0.29) is 16.9 Å². The van der Waals surface area contributed by atoms with Gasteiger partial charge in [0.25, 0.3) is 0 Å². The van der Waals surface area contributed by atoms with E-state index in [1.165, 1.54) is 17.4 Å². The third-order valence-corrected chi connectivity index (χ3v) is 5.35. The topological polar surface area (TPSA) is 94.9 Å². The minimum Gasteiger partial charge on any atom is -0.507 e. The fourth-order valence-corrected chi connectivity index (χ4v) is 3.17. The third kappa shape index (κ3) is 3.10. The van der Waals surface area contributed by atoms with Crippen LogP contribution in [-0.4, -0.2) is 42.0 Å². The number of phenols is 1. The Bertz CT molecular complexity index is 609. The Morgan fingerprint density at radius 3 is 2.25 bits per heavy atom. The lowest BCUT2D eigenvalue weighted by molar-refractivity contribution is 0.0693. The van der Waals surface area contributed by atoms with E-state index in [9.17, 15) is 18.3 Å². The number of aromatic carboxylic acids is 1. The first-order valence-electron chi connectivity index (χ1n) is 6.13. The number of nitrogens with zero attached hydrogens (tertiary/aromatic N) is 1. The molecule has 112 valence electrons. The molecule has 7 heteroatoms. The van der Waals surface area contributed by atoms with Gasteiger partial charge in [0, 0.05) is 13.1 Å². The highest BCUT2D eigenvalue weighted by Gasteiger charge is 2.28. The van der Waals surface area contributed by atoms with Crippen molar-refractivity contribution in [1.29, 1.82) is 0 Å². The maximum atomic E-state index is 12.4. The second-order valence-electron chi connectivity index (χ2n) is 4.99. The molecule has 0 saturated carbocycles. The summed E-state index contributed by atoms with van der Waals surface area (Å²) < 4.78 is 26.0. The summed E-state index contributed by atoms with van der Waals surface area (Å²) in [5.41, 5.74) is -0.434. The van der Waals surface area contributed by atoms with Crippen LogP contribution >= 0.6 is 0 Å². The van der Waals surface area contributed by atoms with E-state index in [0.717, 1.165) is 12.1 Å². The summed E-state index contributed by atoms with van der Waals surface area (Å²) in [5.74, 6) is -1.72. The molecule has 20 heavy (non-hydrogen) atoms. The highest BCUT2D eigenvalue weighted by atomic mass is 32.2. The van der Waals surface area contributed by atoms with Gasteiger partial charge in [-0.1, -0.05) is 13.8 Å². The molecule has 0 aromatic heterocycles. The Hall–Kier alpha value is -1.60. The molecule has 1 rings (SSSR count). The lowest BCUT2D eigenvalue weighted by Gasteiger charge is -2.27. The molecule has 1 aromatic carbocycles. The highest BCUT2D eigenvalue weighted by molar-refractivity contribution is 7.89. The maximum Gasteiger partial charge on any atom is 0.339 e. The number of benzene rings is 1. The second kappa shape index (κ2) is 5.80. The van der Waals surface area contributed by atoms with Crippen LogP contribution in [0.3, 0.4) is 0 Å². The Labute approximate surface area is 118 Å². The smallest absolute Gasteiger partial charge is 0.339 e. The van der Waals surface area contributed by atoms with Crippen LogP contribution < -0.4 is 0 Å². The Balaban J connectivity index is 3.30. The first-order chi connectivity index (χ1) is 9.09. The zero-order valence-corrected chi connectivity index (χ0v) is 12.7. The SMILES string of the molecule is CC(C)C(C)N(C)S(=O)(=O)c1ccc(O)c(C(=O)O)c1. The van der Waals surface area contributed by atoms with Crippen LogP contribution in [0.4, 0.5) is 0 Å². The Morgan fingerprint density at radius 1 is 1.25 bits per heavy atom. The lowest BCUT2D eigenvalue weighted by Crippen LogP contribution is -2.38. The summed E-state index contributed by atoms with van der Waals surface area (Å²) in [6, 6.07) is 3.00. The fourth-order valence-electron chi connectivity index (χ4n) is 1.65. The van der Waals surface area contributed by atoms with Crippen molar-refractivity contribution < 1.29 is 23.4 Å². The summed E-state index contributed by atoms with van der Waals surface area (Å²) in [7, 11) is -2.35. The third-order valence-electron chi connectivity index (χ3n) is 3.41. The van der Waals surface area contributed by atoms with Gasteiger partial charge in [0.05, 0.1) is 4.90 Å². The van der Waals surface area contributed by atoms with Crippen LogP contribution in [0.15, 0.2) is 23.1 Å². The van der Waals surface area contributed by atoms with E-state index < -0.39 is 27.3 Å². The van der Waals surface area contributed by atoms with Crippen molar-refractivity contribution in [2.45, 2.75) is 31.7 Å². The average Bonchev–Trinajstić information content (AvgIpc) is 2.36. The van der Waals surface area contributed by atoms with Crippen molar-refractivity contribution >= 4 is 16.0 Å². The first kappa shape index (κ1) is 16.5. The molecular formula is C13H19NO5S. The van der Waals surface area contributed by atoms with Gasteiger partial charge in [-0.25, -0.2) is 13.2 Å². The molecule has 0 fully saturated rings. The summed E-state index contributed by atoms with van der Waals surface area (Å²) in [6.07, 6.45) is 0. The number of rotatable bonds is 5. The minimum absolute atomic E-state index is 0.117. The molecule has 1 aromatic rings. The van der Waals surface area contributed by atoms with E-state index in [1.54, 1.807) is 6.92 Å². The van der Waals surface area contributed by atoms with Gasteiger partial charge < -0.3 is 10.2 Å². The van der Waals surface area contributed by atoms with Gasteiger partial charge >= 0.3 is 5.97 Å². The van der Waals surface area contributed by atoms with E-state index in [2.05, 4.69) is 0 Å². The molecule has 0 heterocycles.